The number of ether oxygens (including phenoxy) is 2. The molecule has 2 aliphatic rings. The van der Waals surface area contributed by atoms with Crippen LogP contribution < -0.4 is 10.6 Å². The lowest BCUT2D eigenvalue weighted by Gasteiger charge is -2.36. The van der Waals surface area contributed by atoms with Gasteiger partial charge in [-0.05, 0) is 24.5 Å². The quantitative estimate of drug-likeness (QED) is 0.886. The van der Waals surface area contributed by atoms with E-state index in [1.54, 1.807) is 12.4 Å². The Bertz CT molecular complexity index is 474. The Labute approximate surface area is 124 Å². The van der Waals surface area contributed by atoms with E-state index in [0.717, 1.165) is 31.2 Å². The maximum Gasteiger partial charge on any atom is 0.315 e. The van der Waals surface area contributed by atoms with E-state index in [0.29, 0.717) is 19.8 Å². The zero-order chi connectivity index (χ0) is 14.5. The highest BCUT2D eigenvalue weighted by molar-refractivity contribution is 5.74. The number of hydrogen-bond acceptors (Lipinski definition) is 4. The van der Waals surface area contributed by atoms with E-state index in [-0.39, 0.29) is 12.1 Å². The molecule has 1 saturated heterocycles. The molecule has 0 aromatic carbocycles. The van der Waals surface area contributed by atoms with Gasteiger partial charge in [0.25, 0.3) is 0 Å². The lowest BCUT2D eigenvalue weighted by Crippen LogP contribution is -2.49. The van der Waals surface area contributed by atoms with Crippen LogP contribution in [0.4, 0.5) is 4.79 Å². The van der Waals surface area contributed by atoms with Gasteiger partial charge < -0.3 is 20.1 Å². The van der Waals surface area contributed by atoms with Crippen molar-refractivity contribution in [3.63, 3.8) is 0 Å². The minimum absolute atomic E-state index is 0.103. The van der Waals surface area contributed by atoms with Crippen LogP contribution in [0.25, 0.3) is 0 Å². The predicted octanol–water partition coefficient (Wildman–Crippen LogP) is 1.57. The molecule has 3 rings (SSSR count). The number of urea groups is 1. The third-order valence-electron chi connectivity index (χ3n) is 3.99. The molecular weight excluding hydrogens is 270 g/mol. The molecule has 1 spiro atoms. The maximum atomic E-state index is 12.0. The molecule has 2 fully saturated rings. The van der Waals surface area contributed by atoms with Gasteiger partial charge in [0.15, 0.2) is 5.79 Å². The molecular formula is C15H21N3O3. The van der Waals surface area contributed by atoms with E-state index in [9.17, 15) is 4.79 Å². The minimum atomic E-state index is -0.459. The Morgan fingerprint density at radius 2 is 2.29 bits per heavy atom. The second-order valence-electron chi connectivity index (χ2n) is 5.59. The SMILES string of the molecule is O=C(NCc1cccnc1)NC1CCCC2(C1)OCCO2. The van der Waals surface area contributed by atoms with Crippen molar-refractivity contribution in [1.29, 1.82) is 0 Å². The van der Waals surface area contributed by atoms with E-state index in [2.05, 4.69) is 15.6 Å². The molecule has 2 heterocycles. The molecule has 6 heteroatoms. The lowest BCUT2D eigenvalue weighted by molar-refractivity contribution is -0.181. The molecule has 6 nitrogen and oxygen atoms in total. The fourth-order valence-corrected chi connectivity index (χ4v) is 3.00. The number of carbonyl (C=O) groups excluding carboxylic acids is 1. The summed E-state index contributed by atoms with van der Waals surface area (Å²) in [7, 11) is 0. The van der Waals surface area contributed by atoms with Crippen LogP contribution in [0.3, 0.4) is 0 Å². The van der Waals surface area contributed by atoms with Crippen molar-refractivity contribution < 1.29 is 14.3 Å². The van der Waals surface area contributed by atoms with E-state index >= 15 is 0 Å². The normalized spacial score (nSPS) is 23.9. The first kappa shape index (κ1) is 14.3. The standard InChI is InChI=1S/C15H21N3O3/c19-14(17-11-12-3-2-6-16-10-12)18-13-4-1-5-15(9-13)20-7-8-21-15/h2-3,6,10,13H,1,4-5,7-9,11H2,(H2,17,18,19). The van der Waals surface area contributed by atoms with Crippen LogP contribution in [0.2, 0.25) is 0 Å². The highest BCUT2D eigenvalue weighted by atomic mass is 16.7. The molecule has 1 aromatic rings. The maximum absolute atomic E-state index is 12.0. The summed E-state index contributed by atoms with van der Waals surface area (Å²) in [6.45, 7) is 1.78. The third-order valence-corrected chi connectivity index (χ3v) is 3.99. The van der Waals surface area contributed by atoms with Crippen molar-refractivity contribution >= 4 is 6.03 Å². The molecule has 2 amide bonds. The monoisotopic (exact) mass is 291 g/mol. The van der Waals surface area contributed by atoms with Crippen LogP contribution in [0.1, 0.15) is 31.2 Å². The van der Waals surface area contributed by atoms with Gasteiger partial charge in [0.1, 0.15) is 0 Å². The second-order valence-corrected chi connectivity index (χ2v) is 5.59. The molecule has 1 aliphatic heterocycles. The largest absolute Gasteiger partial charge is 0.347 e. The van der Waals surface area contributed by atoms with Crippen molar-refractivity contribution in [2.75, 3.05) is 13.2 Å². The fourth-order valence-electron chi connectivity index (χ4n) is 3.00. The van der Waals surface area contributed by atoms with E-state index in [4.69, 9.17) is 9.47 Å². The third kappa shape index (κ3) is 3.71. The van der Waals surface area contributed by atoms with Gasteiger partial charge in [-0.1, -0.05) is 6.07 Å². The molecule has 1 aliphatic carbocycles. The van der Waals surface area contributed by atoms with Crippen LogP contribution in [0, 0.1) is 0 Å². The molecule has 114 valence electrons. The zero-order valence-electron chi connectivity index (χ0n) is 12.0. The van der Waals surface area contributed by atoms with Crippen molar-refractivity contribution in [3.8, 4) is 0 Å². The van der Waals surface area contributed by atoms with Crippen LogP contribution in [-0.2, 0) is 16.0 Å². The Balaban J connectivity index is 1.46. The lowest BCUT2D eigenvalue weighted by atomic mass is 9.90. The van der Waals surface area contributed by atoms with E-state index in [1.165, 1.54) is 0 Å². The van der Waals surface area contributed by atoms with Crippen molar-refractivity contribution in [2.45, 2.75) is 44.1 Å². The van der Waals surface area contributed by atoms with Gasteiger partial charge in [0, 0.05) is 37.8 Å². The zero-order valence-corrected chi connectivity index (χ0v) is 12.0. The number of carbonyl (C=O) groups is 1. The van der Waals surface area contributed by atoms with Gasteiger partial charge in [0.05, 0.1) is 13.2 Å². The highest BCUT2D eigenvalue weighted by Gasteiger charge is 2.41. The summed E-state index contributed by atoms with van der Waals surface area (Å²) in [5.41, 5.74) is 0.982. The molecule has 1 atom stereocenters. The van der Waals surface area contributed by atoms with Crippen LogP contribution in [0.5, 0.6) is 0 Å². The Hall–Kier alpha value is -1.66. The van der Waals surface area contributed by atoms with Crippen molar-refractivity contribution in [2.24, 2.45) is 0 Å². The Morgan fingerprint density at radius 1 is 1.43 bits per heavy atom. The first-order chi connectivity index (χ1) is 10.3. The smallest absolute Gasteiger partial charge is 0.315 e. The summed E-state index contributed by atoms with van der Waals surface area (Å²) in [6.07, 6.45) is 7.08. The van der Waals surface area contributed by atoms with Crippen LogP contribution in [-0.4, -0.2) is 36.1 Å². The average Bonchev–Trinajstić information content (AvgIpc) is 2.94. The average molecular weight is 291 g/mol. The Kier molecular flexibility index (Phi) is 4.36. The molecule has 1 aromatic heterocycles. The molecule has 1 unspecified atom stereocenters. The topological polar surface area (TPSA) is 72.5 Å². The van der Waals surface area contributed by atoms with Gasteiger partial charge in [-0.3, -0.25) is 4.98 Å². The minimum Gasteiger partial charge on any atom is -0.347 e. The van der Waals surface area contributed by atoms with Gasteiger partial charge in [-0.2, -0.15) is 0 Å². The first-order valence-corrected chi connectivity index (χ1v) is 7.47. The first-order valence-electron chi connectivity index (χ1n) is 7.47. The van der Waals surface area contributed by atoms with E-state index in [1.807, 2.05) is 12.1 Å². The molecule has 21 heavy (non-hydrogen) atoms. The Morgan fingerprint density at radius 3 is 3.05 bits per heavy atom. The summed E-state index contributed by atoms with van der Waals surface area (Å²) in [6, 6.07) is 3.74. The number of pyridine rings is 1. The van der Waals surface area contributed by atoms with Crippen molar-refractivity contribution in [3.05, 3.63) is 30.1 Å². The molecule has 0 bridgehead atoms. The molecule has 0 radical (unpaired) electrons. The number of aromatic nitrogens is 1. The summed E-state index contributed by atoms with van der Waals surface area (Å²) >= 11 is 0. The van der Waals surface area contributed by atoms with Gasteiger partial charge in [-0.15, -0.1) is 0 Å². The summed E-state index contributed by atoms with van der Waals surface area (Å²) in [5, 5.41) is 5.86. The van der Waals surface area contributed by atoms with Gasteiger partial charge in [-0.25, -0.2) is 4.79 Å². The number of nitrogens with one attached hydrogen (secondary N) is 2. The summed E-state index contributed by atoms with van der Waals surface area (Å²) in [5.74, 6) is -0.459. The number of hydrogen-bond donors (Lipinski definition) is 2. The van der Waals surface area contributed by atoms with Gasteiger partial charge >= 0.3 is 6.03 Å². The highest BCUT2D eigenvalue weighted by Crippen LogP contribution is 2.35. The predicted molar refractivity (Wildman–Crippen MR) is 76.5 cm³/mol. The fraction of sp³-hybridized carbons (Fsp3) is 0.600. The number of nitrogens with zero attached hydrogens (tertiary/aromatic N) is 1. The summed E-state index contributed by atoms with van der Waals surface area (Å²) in [4.78, 5) is 16.0. The number of rotatable bonds is 3. The number of amides is 2. The molecule has 1 saturated carbocycles. The van der Waals surface area contributed by atoms with Crippen LogP contribution in [0.15, 0.2) is 24.5 Å². The van der Waals surface area contributed by atoms with E-state index < -0.39 is 5.79 Å². The van der Waals surface area contributed by atoms with Crippen molar-refractivity contribution in [1.82, 2.24) is 15.6 Å². The molecule has 2 N–H and O–H groups in total. The summed E-state index contributed by atoms with van der Waals surface area (Å²) < 4.78 is 11.4. The van der Waals surface area contributed by atoms with Crippen LogP contribution >= 0.6 is 0 Å². The second kappa shape index (κ2) is 6.41. The van der Waals surface area contributed by atoms with Gasteiger partial charge in [0.2, 0.25) is 0 Å².